The number of rotatable bonds is 5. The normalized spacial score (nSPS) is 15.8. The van der Waals surface area contributed by atoms with Crippen molar-refractivity contribution in [3.63, 3.8) is 0 Å². The van der Waals surface area contributed by atoms with Crippen molar-refractivity contribution in [3.8, 4) is 11.4 Å². The van der Waals surface area contributed by atoms with E-state index in [1.807, 2.05) is 18.2 Å². The zero-order chi connectivity index (χ0) is 20.6. The van der Waals surface area contributed by atoms with Crippen LogP contribution in [0.1, 0.15) is 41.0 Å². The topological polar surface area (TPSA) is 69.0 Å². The molecular formula is C20H17F3N4O2. The van der Waals surface area contributed by atoms with Gasteiger partial charge in [-0.25, -0.2) is 0 Å². The second kappa shape index (κ2) is 7.23. The molecule has 0 bridgehead atoms. The van der Waals surface area contributed by atoms with Crippen molar-refractivity contribution in [2.24, 2.45) is 0 Å². The average Bonchev–Trinajstić information content (AvgIpc) is 3.26. The minimum absolute atomic E-state index is 0.0111. The van der Waals surface area contributed by atoms with Gasteiger partial charge in [-0.3, -0.25) is 4.79 Å². The summed E-state index contributed by atoms with van der Waals surface area (Å²) in [6.07, 6.45) is -2.97. The van der Waals surface area contributed by atoms with Crippen LogP contribution in [0.15, 0.2) is 48.5 Å². The molecule has 1 aliphatic rings. The number of hydrogen-bond donors (Lipinski definition) is 1. The van der Waals surface area contributed by atoms with Gasteiger partial charge >= 0.3 is 6.36 Å². The highest BCUT2D eigenvalue weighted by Crippen LogP contribution is 2.34. The molecule has 1 N–H and O–H groups in total. The number of ketones is 1. The monoisotopic (exact) mass is 402 g/mol. The average molecular weight is 402 g/mol. The lowest BCUT2D eigenvalue weighted by molar-refractivity contribution is -0.274. The molecule has 1 atom stereocenters. The molecule has 1 aromatic heterocycles. The highest BCUT2D eigenvalue weighted by molar-refractivity contribution is 5.96. The second-order valence-corrected chi connectivity index (χ2v) is 6.72. The largest absolute Gasteiger partial charge is 0.573 e. The van der Waals surface area contributed by atoms with Crippen LogP contribution < -0.4 is 10.1 Å². The van der Waals surface area contributed by atoms with Crippen molar-refractivity contribution < 1.29 is 22.7 Å². The van der Waals surface area contributed by atoms with Gasteiger partial charge in [-0.15, -0.1) is 28.2 Å². The van der Waals surface area contributed by atoms with E-state index >= 15 is 0 Å². The highest BCUT2D eigenvalue weighted by atomic mass is 19.4. The summed E-state index contributed by atoms with van der Waals surface area (Å²) >= 11 is 0. The number of alkyl halides is 3. The van der Waals surface area contributed by atoms with Crippen LogP contribution in [0.3, 0.4) is 0 Å². The number of carbonyl (C=O) groups is 1. The van der Waals surface area contributed by atoms with Crippen LogP contribution in [0.25, 0.3) is 5.69 Å². The van der Waals surface area contributed by atoms with E-state index in [1.165, 1.54) is 41.5 Å². The summed E-state index contributed by atoms with van der Waals surface area (Å²) in [4.78, 5) is 13.3. The molecule has 6 nitrogen and oxygen atoms in total. The summed E-state index contributed by atoms with van der Waals surface area (Å²) < 4.78 is 40.8. The van der Waals surface area contributed by atoms with Crippen LogP contribution in [-0.4, -0.2) is 27.1 Å². The molecule has 4 rings (SSSR count). The fourth-order valence-corrected chi connectivity index (χ4v) is 3.41. The molecule has 0 saturated carbocycles. The first-order chi connectivity index (χ1) is 13.8. The van der Waals surface area contributed by atoms with Crippen LogP contribution in [0.2, 0.25) is 0 Å². The van der Waals surface area contributed by atoms with Gasteiger partial charge < -0.3 is 10.1 Å². The SMILES string of the molecule is CC(=O)c1nn(-c2ccc(OC(F)(F)F)cc2)nc1N[C@H]1CCc2ccccc21. The Morgan fingerprint density at radius 3 is 2.55 bits per heavy atom. The Morgan fingerprint density at radius 1 is 1.14 bits per heavy atom. The van der Waals surface area contributed by atoms with Crippen LogP contribution in [0.4, 0.5) is 19.0 Å². The maximum Gasteiger partial charge on any atom is 0.573 e. The van der Waals surface area contributed by atoms with Gasteiger partial charge in [0.1, 0.15) is 5.75 Å². The van der Waals surface area contributed by atoms with Gasteiger partial charge in [-0.05, 0) is 48.2 Å². The first-order valence-corrected chi connectivity index (χ1v) is 8.99. The van der Waals surface area contributed by atoms with E-state index in [9.17, 15) is 18.0 Å². The van der Waals surface area contributed by atoms with E-state index < -0.39 is 6.36 Å². The number of fused-ring (bicyclic) bond motifs is 1. The van der Waals surface area contributed by atoms with Crippen molar-refractivity contribution >= 4 is 11.6 Å². The number of Topliss-reactive ketones (excluding diaryl/α,β-unsaturated/α-hetero) is 1. The molecule has 0 unspecified atom stereocenters. The molecule has 0 aliphatic heterocycles. The molecule has 0 radical (unpaired) electrons. The Labute approximate surface area is 164 Å². The number of aryl methyl sites for hydroxylation is 1. The van der Waals surface area contributed by atoms with E-state index in [2.05, 4.69) is 26.3 Å². The number of anilines is 1. The first-order valence-electron chi connectivity index (χ1n) is 8.99. The van der Waals surface area contributed by atoms with E-state index in [1.54, 1.807) is 0 Å². The molecule has 0 fully saturated rings. The second-order valence-electron chi connectivity index (χ2n) is 6.72. The zero-order valence-electron chi connectivity index (χ0n) is 15.4. The van der Waals surface area contributed by atoms with Crippen molar-refractivity contribution in [2.45, 2.75) is 32.2 Å². The number of benzene rings is 2. The quantitative estimate of drug-likeness (QED) is 0.638. The van der Waals surface area contributed by atoms with Crippen molar-refractivity contribution in [2.75, 3.05) is 5.32 Å². The molecule has 2 aromatic carbocycles. The van der Waals surface area contributed by atoms with Crippen LogP contribution in [-0.2, 0) is 6.42 Å². The third kappa shape index (κ3) is 4.08. The summed E-state index contributed by atoms with van der Waals surface area (Å²) in [7, 11) is 0. The fraction of sp³-hybridized carbons (Fsp3) is 0.250. The standard InChI is InChI=1S/C20H17F3N4O2/c1-12(28)18-19(24-17-11-6-13-4-2-3-5-16(13)17)26-27(25-18)14-7-9-15(10-8-14)29-20(21,22)23/h2-5,7-10,17H,6,11H2,1H3,(H,24,26)/t17-/m0/s1. The molecule has 1 heterocycles. The Bertz CT molecular complexity index is 1040. The Morgan fingerprint density at radius 2 is 1.86 bits per heavy atom. The van der Waals surface area contributed by atoms with Crippen molar-refractivity contribution in [3.05, 3.63) is 65.4 Å². The number of aromatic nitrogens is 3. The van der Waals surface area contributed by atoms with Crippen LogP contribution in [0.5, 0.6) is 5.75 Å². The molecule has 1 aliphatic carbocycles. The summed E-state index contributed by atoms with van der Waals surface area (Å²) in [5, 5.41) is 11.9. The molecule has 9 heteroatoms. The van der Waals surface area contributed by atoms with Gasteiger partial charge in [0.15, 0.2) is 17.3 Å². The highest BCUT2D eigenvalue weighted by Gasteiger charge is 2.31. The molecule has 0 saturated heterocycles. The fourth-order valence-electron chi connectivity index (χ4n) is 3.41. The van der Waals surface area contributed by atoms with Gasteiger partial charge in [0.25, 0.3) is 0 Å². The van der Waals surface area contributed by atoms with Crippen LogP contribution in [0, 0.1) is 0 Å². The number of ether oxygens (including phenoxy) is 1. The number of halogens is 3. The lowest BCUT2D eigenvalue weighted by atomic mass is 10.1. The van der Waals surface area contributed by atoms with E-state index in [4.69, 9.17) is 0 Å². The van der Waals surface area contributed by atoms with E-state index in [-0.39, 0.29) is 23.3 Å². The summed E-state index contributed by atoms with van der Waals surface area (Å²) in [6, 6.07) is 13.2. The van der Waals surface area contributed by atoms with Gasteiger partial charge in [-0.2, -0.15) is 0 Å². The predicted octanol–water partition coefficient (Wildman–Crippen LogP) is 4.47. The Kier molecular flexibility index (Phi) is 4.73. The van der Waals surface area contributed by atoms with Gasteiger partial charge in [-0.1, -0.05) is 24.3 Å². The van der Waals surface area contributed by atoms with Crippen molar-refractivity contribution in [1.82, 2.24) is 15.0 Å². The number of carbonyl (C=O) groups excluding carboxylic acids is 1. The number of nitrogens with zero attached hydrogens (tertiary/aromatic N) is 3. The lowest BCUT2D eigenvalue weighted by Crippen LogP contribution is -2.17. The summed E-state index contributed by atoms with van der Waals surface area (Å²) in [5.74, 6) is -0.266. The Hall–Kier alpha value is -3.36. The zero-order valence-corrected chi connectivity index (χ0v) is 15.4. The van der Waals surface area contributed by atoms with Gasteiger partial charge in [0.2, 0.25) is 0 Å². The third-order valence-electron chi connectivity index (χ3n) is 4.69. The summed E-state index contributed by atoms with van der Waals surface area (Å²) in [5.41, 5.74) is 2.99. The van der Waals surface area contributed by atoms with E-state index in [0.29, 0.717) is 11.5 Å². The molecule has 0 amide bonds. The minimum Gasteiger partial charge on any atom is -0.406 e. The third-order valence-corrected chi connectivity index (χ3v) is 4.69. The minimum atomic E-state index is -4.76. The van der Waals surface area contributed by atoms with Crippen molar-refractivity contribution in [1.29, 1.82) is 0 Å². The molecule has 3 aromatic rings. The first kappa shape index (κ1) is 19.0. The van der Waals surface area contributed by atoms with Crippen LogP contribution >= 0.6 is 0 Å². The lowest BCUT2D eigenvalue weighted by Gasteiger charge is -2.13. The number of nitrogens with one attached hydrogen (secondary N) is 1. The Balaban J connectivity index is 1.60. The van der Waals surface area contributed by atoms with E-state index in [0.717, 1.165) is 18.4 Å². The summed E-state index contributed by atoms with van der Waals surface area (Å²) in [6.45, 7) is 1.39. The molecule has 150 valence electrons. The number of hydrogen-bond acceptors (Lipinski definition) is 5. The van der Waals surface area contributed by atoms with Gasteiger partial charge in [0.05, 0.1) is 11.7 Å². The maximum atomic E-state index is 12.3. The molecular weight excluding hydrogens is 385 g/mol. The van der Waals surface area contributed by atoms with Gasteiger partial charge in [0, 0.05) is 6.92 Å². The predicted molar refractivity (Wildman–Crippen MR) is 99.2 cm³/mol. The maximum absolute atomic E-state index is 12.3. The smallest absolute Gasteiger partial charge is 0.406 e. The molecule has 29 heavy (non-hydrogen) atoms. The molecule has 0 spiro atoms.